The van der Waals surface area contributed by atoms with Gasteiger partial charge in [-0.3, -0.25) is 9.80 Å². The van der Waals surface area contributed by atoms with Gasteiger partial charge >= 0.3 is 0 Å². The average molecular weight is 405 g/mol. The third-order valence-corrected chi connectivity index (χ3v) is 5.98. The van der Waals surface area contributed by atoms with Gasteiger partial charge < -0.3 is 20.7 Å². The van der Waals surface area contributed by atoms with Crippen molar-refractivity contribution >= 4 is 28.0 Å². The number of nitrogens with zero attached hydrogens (tertiary/aromatic N) is 3. The van der Waals surface area contributed by atoms with Gasteiger partial charge in [0.1, 0.15) is 5.65 Å². The number of aliphatic hydroxyl groups excluding tert-OH is 1. The number of rotatable bonds is 5. The number of piperazine rings is 1. The molecule has 2 aliphatic rings. The van der Waals surface area contributed by atoms with Gasteiger partial charge in [0.15, 0.2) is 6.35 Å². The van der Waals surface area contributed by atoms with Crippen LogP contribution in [0.4, 0.5) is 11.4 Å². The first-order valence-corrected chi connectivity index (χ1v) is 10.6. The topological polar surface area (TPSA) is 79.5 Å². The normalized spacial score (nSPS) is 19.6. The Hall–Kier alpha value is -2.71. The zero-order chi connectivity index (χ0) is 20.3. The van der Waals surface area contributed by atoms with Gasteiger partial charge in [-0.1, -0.05) is 24.3 Å². The number of aliphatic hydroxyl groups is 1. The van der Waals surface area contributed by atoms with E-state index in [-0.39, 0.29) is 0 Å². The summed E-state index contributed by atoms with van der Waals surface area (Å²) in [6.45, 7) is 5.24. The van der Waals surface area contributed by atoms with Gasteiger partial charge in [0.25, 0.3) is 0 Å². The third-order valence-electron chi connectivity index (χ3n) is 5.98. The fourth-order valence-corrected chi connectivity index (χ4v) is 4.27. The highest BCUT2D eigenvalue weighted by molar-refractivity contribution is 5.94. The van der Waals surface area contributed by atoms with E-state index in [1.54, 1.807) is 0 Å². The second-order valence-electron chi connectivity index (χ2n) is 7.90. The summed E-state index contributed by atoms with van der Waals surface area (Å²) >= 11 is 0. The zero-order valence-corrected chi connectivity index (χ0v) is 17.0. The lowest BCUT2D eigenvalue weighted by molar-refractivity contribution is -0.111. The highest BCUT2D eigenvalue weighted by Gasteiger charge is 2.26. The number of pyridine rings is 1. The Morgan fingerprint density at radius 1 is 1.03 bits per heavy atom. The standard InChI is InChI=1S/C23H28N6O/c30-23(29-14-10-24-11-15-29)28-12-7-17(8-13-28)21-16-19-20(6-9-25-22(19)27-21)26-18-4-2-1-3-5-18/h1-7,9,16,23-24,30H,8,10-15H2,(H2,25,26,27). The molecule has 1 atom stereocenters. The molecule has 3 aromatic rings. The van der Waals surface area contributed by atoms with Crippen molar-refractivity contribution in [3.8, 4) is 0 Å². The molecule has 4 heterocycles. The van der Waals surface area contributed by atoms with Crippen molar-refractivity contribution in [2.24, 2.45) is 0 Å². The molecule has 1 unspecified atom stereocenters. The number of para-hydroxylation sites is 1. The number of hydrogen-bond acceptors (Lipinski definition) is 6. The molecule has 0 aliphatic carbocycles. The molecule has 0 bridgehead atoms. The minimum Gasteiger partial charge on any atom is -0.365 e. The Bertz CT molecular complexity index is 1020. The minimum atomic E-state index is -0.504. The fraction of sp³-hybridized carbons (Fsp3) is 0.348. The Morgan fingerprint density at radius 3 is 2.63 bits per heavy atom. The van der Waals surface area contributed by atoms with E-state index in [0.29, 0.717) is 0 Å². The number of aromatic nitrogens is 2. The van der Waals surface area contributed by atoms with Crippen molar-refractivity contribution in [1.29, 1.82) is 0 Å². The van der Waals surface area contributed by atoms with Gasteiger partial charge in [-0.2, -0.15) is 0 Å². The van der Waals surface area contributed by atoms with E-state index < -0.39 is 6.35 Å². The maximum absolute atomic E-state index is 10.7. The van der Waals surface area contributed by atoms with Crippen LogP contribution in [-0.2, 0) is 0 Å². The van der Waals surface area contributed by atoms with Crippen LogP contribution in [0.3, 0.4) is 0 Å². The summed E-state index contributed by atoms with van der Waals surface area (Å²) in [4.78, 5) is 12.3. The first-order valence-electron chi connectivity index (χ1n) is 10.6. The molecule has 7 heteroatoms. The van der Waals surface area contributed by atoms with Crippen LogP contribution in [0.25, 0.3) is 16.6 Å². The monoisotopic (exact) mass is 404 g/mol. The SMILES string of the molecule is OC(N1CC=C(c2cc3c(Nc4ccccc4)ccnc3[nH]2)CC1)N1CCNCC1. The Labute approximate surface area is 176 Å². The van der Waals surface area contributed by atoms with Crippen molar-refractivity contribution in [2.45, 2.75) is 12.8 Å². The van der Waals surface area contributed by atoms with Crippen LogP contribution in [0.5, 0.6) is 0 Å². The molecule has 1 saturated heterocycles. The van der Waals surface area contributed by atoms with Gasteiger partial charge in [-0.25, -0.2) is 4.98 Å². The first kappa shape index (κ1) is 19.3. The minimum absolute atomic E-state index is 0.504. The lowest BCUT2D eigenvalue weighted by Crippen LogP contribution is -2.55. The van der Waals surface area contributed by atoms with E-state index in [2.05, 4.69) is 54.7 Å². The van der Waals surface area contributed by atoms with Gasteiger partial charge in [0, 0.05) is 62.2 Å². The van der Waals surface area contributed by atoms with E-state index in [0.717, 1.165) is 73.8 Å². The third kappa shape index (κ3) is 3.97. The Morgan fingerprint density at radius 2 is 1.87 bits per heavy atom. The Kier molecular flexibility index (Phi) is 5.50. The molecular formula is C23H28N6O. The fourth-order valence-electron chi connectivity index (χ4n) is 4.27. The Balaban J connectivity index is 1.33. The van der Waals surface area contributed by atoms with E-state index in [1.807, 2.05) is 30.5 Å². The summed E-state index contributed by atoms with van der Waals surface area (Å²) < 4.78 is 0. The summed E-state index contributed by atoms with van der Waals surface area (Å²) in [5.41, 5.74) is 5.37. The molecule has 30 heavy (non-hydrogen) atoms. The molecule has 1 fully saturated rings. The van der Waals surface area contributed by atoms with Gasteiger partial charge in [0.05, 0.1) is 5.69 Å². The molecule has 0 spiro atoms. The lowest BCUT2D eigenvalue weighted by atomic mass is 10.0. The summed E-state index contributed by atoms with van der Waals surface area (Å²) in [5.74, 6) is 0. The van der Waals surface area contributed by atoms with Crippen LogP contribution in [0.1, 0.15) is 12.1 Å². The number of fused-ring (bicyclic) bond motifs is 1. The molecule has 7 nitrogen and oxygen atoms in total. The van der Waals surface area contributed by atoms with Crippen molar-refractivity contribution in [3.05, 3.63) is 60.4 Å². The second-order valence-corrected chi connectivity index (χ2v) is 7.90. The maximum atomic E-state index is 10.7. The van der Waals surface area contributed by atoms with Crippen molar-refractivity contribution < 1.29 is 5.11 Å². The van der Waals surface area contributed by atoms with Crippen LogP contribution in [-0.4, -0.2) is 70.5 Å². The molecule has 0 saturated carbocycles. The molecule has 5 rings (SSSR count). The van der Waals surface area contributed by atoms with Gasteiger partial charge in [0.2, 0.25) is 0 Å². The van der Waals surface area contributed by atoms with E-state index in [9.17, 15) is 5.11 Å². The number of benzene rings is 1. The summed E-state index contributed by atoms with van der Waals surface area (Å²) in [6.07, 6.45) is 4.45. The van der Waals surface area contributed by atoms with Crippen molar-refractivity contribution in [1.82, 2.24) is 25.1 Å². The highest BCUT2D eigenvalue weighted by atomic mass is 16.3. The first-order chi connectivity index (χ1) is 14.8. The smallest absolute Gasteiger partial charge is 0.165 e. The van der Waals surface area contributed by atoms with Crippen LogP contribution >= 0.6 is 0 Å². The largest absolute Gasteiger partial charge is 0.365 e. The van der Waals surface area contributed by atoms with Crippen molar-refractivity contribution in [3.63, 3.8) is 0 Å². The van der Waals surface area contributed by atoms with Gasteiger partial charge in [-0.15, -0.1) is 0 Å². The number of hydrogen-bond donors (Lipinski definition) is 4. The molecule has 1 aromatic carbocycles. The van der Waals surface area contributed by atoms with E-state index in [1.165, 1.54) is 5.57 Å². The predicted octanol–water partition coefficient (Wildman–Crippen LogP) is 2.58. The molecule has 2 aliphatic heterocycles. The maximum Gasteiger partial charge on any atom is 0.165 e. The highest BCUT2D eigenvalue weighted by Crippen LogP contribution is 2.30. The second kappa shape index (κ2) is 8.57. The average Bonchev–Trinajstić information content (AvgIpc) is 3.25. The molecule has 0 radical (unpaired) electrons. The van der Waals surface area contributed by atoms with Crippen LogP contribution < -0.4 is 10.6 Å². The van der Waals surface area contributed by atoms with E-state index in [4.69, 9.17) is 0 Å². The molecule has 4 N–H and O–H groups in total. The molecular weight excluding hydrogens is 376 g/mol. The summed E-state index contributed by atoms with van der Waals surface area (Å²) in [7, 11) is 0. The van der Waals surface area contributed by atoms with Crippen LogP contribution in [0.2, 0.25) is 0 Å². The number of anilines is 2. The predicted molar refractivity (Wildman–Crippen MR) is 120 cm³/mol. The van der Waals surface area contributed by atoms with Crippen LogP contribution in [0.15, 0.2) is 54.7 Å². The molecule has 0 amide bonds. The summed E-state index contributed by atoms with van der Waals surface area (Å²) in [6, 6.07) is 14.4. The van der Waals surface area contributed by atoms with Crippen LogP contribution in [0, 0.1) is 0 Å². The van der Waals surface area contributed by atoms with Crippen molar-refractivity contribution in [2.75, 3.05) is 44.6 Å². The number of H-pyrrole nitrogens is 1. The van der Waals surface area contributed by atoms with Gasteiger partial charge in [-0.05, 0) is 36.3 Å². The number of nitrogens with one attached hydrogen (secondary N) is 3. The lowest BCUT2D eigenvalue weighted by Gasteiger charge is -2.39. The zero-order valence-electron chi connectivity index (χ0n) is 17.0. The summed E-state index contributed by atoms with van der Waals surface area (Å²) in [5, 5.41) is 18.6. The quantitative estimate of drug-likeness (QED) is 0.524. The number of aromatic amines is 1. The molecule has 2 aromatic heterocycles. The molecule has 156 valence electrons. The van der Waals surface area contributed by atoms with E-state index >= 15 is 0 Å².